The molecule has 22 heavy (non-hydrogen) atoms. The first-order chi connectivity index (χ1) is 10.5. The van der Waals surface area contributed by atoms with Gasteiger partial charge in [-0.2, -0.15) is 0 Å². The van der Waals surface area contributed by atoms with Crippen LogP contribution in [0.5, 0.6) is 0 Å². The van der Waals surface area contributed by atoms with Gasteiger partial charge in [0.25, 0.3) is 0 Å². The van der Waals surface area contributed by atoms with Crippen LogP contribution in [-0.4, -0.2) is 41.5 Å². The van der Waals surface area contributed by atoms with Crippen molar-refractivity contribution in [3.05, 3.63) is 53.7 Å². The van der Waals surface area contributed by atoms with Crippen molar-refractivity contribution in [2.75, 3.05) is 20.6 Å². The Labute approximate surface area is 129 Å². The maximum absolute atomic E-state index is 12.6. The van der Waals surface area contributed by atoms with Crippen LogP contribution < -0.4 is 0 Å². The third kappa shape index (κ3) is 2.31. The van der Waals surface area contributed by atoms with E-state index in [9.17, 15) is 9.59 Å². The number of benzene rings is 1. The predicted molar refractivity (Wildman–Crippen MR) is 87.8 cm³/mol. The molecule has 0 N–H and O–H groups in total. The Morgan fingerprint density at radius 2 is 1.77 bits per heavy atom. The second-order valence-corrected chi connectivity index (χ2v) is 5.78. The van der Waals surface area contributed by atoms with E-state index >= 15 is 0 Å². The lowest BCUT2D eigenvalue weighted by atomic mass is 10.1. The maximum Gasteiger partial charge on any atom is 0.179 e. The minimum atomic E-state index is 0.0147. The minimum absolute atomic E-state index is 0.0147. The molecule has 0 saturated carbocycles. The number of fused-ring (bicyclic) bond motifs is 3. The van der Waals surface area contributed by atoms with E-state index < -0.39 is 0 Å². The van der Waals surface area contributed by atoms with Crippen LogP contribution in [0.2, 0.25) is 0 Å². The van der Waals surface area contributed by atoms with E-state index in [2.05, 4.69) is 0 Å². The zero-order chi connectivity index (χ0) is 15.9. The zero-order valence-corrected chi connectivity index (χ0v) is 13.0. The second-order valence-electron chi connectivity index (χ2n) is 5.78. The van der Waals surface area contributed by atoms with Crippen molar-refractivity contribution >= 4 is 28.0 Å². The second kappa shape index (κ2) is 5.39. The van der Waals surface area contributed by atoms with Gasteiger partial charge in [-0.05, 0) is 39.2 Å². The summed E-state index contributed by atoms with van der Waals surface area (Å²) in [5.41, 5.74) is 3.15. The van der Waals surface area contributed by atoms with Gasteiger partial charge < -0.3 is 9.30 Å². The molecule has 0 aliphatic heterocycles. The Kier molecular flexibility index (Phi) is 3.54. The number of pyridine rings is 1. The fourth-order valence-electron chi connectivity index (χ4n) is 2.80. The summed E-state index contributed by atoms with van der Waals surface area (Å²) in [5, 5.41) is 0.926. The molecule has 2 aromatic heterocycles. The molecule has 0 atom stereocenters. The van der Waals surface area contributed by atoms with Gasteiger partial charge in [0.05, 0.1) is 23.1 Å². The molecule has 0 saturated heterocycles. The zero-order valence-electron chi connectivity index (χ0n) is 13.0. The molecule has 3 aromatic rings. The Balaban J connectivity index is 2.34. The number of hydrogen-bond donors (Lipinski definition) is 0. The number of Topliss-reactive ketones (excluding diaryl/α,β-unsaturated/α-hetero) is 2. The van der Waals surface area contributed by atoms with Crippen molar-refractivity contribution in [3.63, 3.8) is 0 Å². The number of carbonyl (C=O) groups is 2. The molecular weight excluding hydrogens is 276 g/mol. The molecule has 0 bridgehead atoms. The molecule has 1 aromatic carbocycles. The fourth-order valence-corrected chi connectivity index (χ4v) is 2.80. The first kappa shape index (κ1) is 14.5. The van der Waals surface area contributed by atoms with Crippen LogP contribution in [0.25, 0.3) is 16.4 Å². The van der Waals surface area contributed by atoms with Crippen molar-refractivity contribution in [1.82, 2.24) is 9.30 Å². The standard InChI is InChI=1S/C18H18N2O2/c1-12(21)13-8-9-16-18(17(22)11-19(2)3)14-6-4-5-7-15(14)20(16)10-13/h4-10H,11H2,1-3H3. The third-order valence-corrected chi connectivity index (χ3v) is 3.78. The Morgan fingerprint density at radius 3 is 2.45 bits per heavy atom. The van der Waals surface area contributed by atoms with E-state index in [1.54, 1.807) is 13.0 Å². The molecule has 2 heterocycles. The number of nitrogens with zero attached hydrogens (tertiary/aromatic N) is 2. The van der Waals surface area contributed by atoms with Gasteiger partial charge in [-0.15, -0.1) is 0 Å². The number of aromatic nitrogens is 1. The minimum Gasteiger partial charge on any atom is -0.315 e. The van der Waals surface area contributed by atoms with Gasteiger partial charge in [-0.1, -0.05) is 18.2 Å². The highest BCUT2D eigenvalue weighted by Crippen LogP contribution is 2.27. The molecule has 0 radical (unpaired) electrons. The summed E-state index contributed by atoms with van der Waals surface area (Å²) in [6, 6.07) is 11.4. The first-order valence-electron chi connectivity index (χ1n) is 7.20. The third-order valence-electron chi connectivity index (χ3n) is 3.78. The van der Waals surface area contributed by atoms with Crippen molar-refractivity contribution in [2.24, 2.45) is 0 Å². The molecule has 3 rings (SSSR count). The number of likely N-dealkylation sites (N-methyl/N-ethyl adjacent to an activating group) is 1. The Morgan fingerprint density at radius 1 is 1.05 bits per heavy atom. The summed E-state index contributed by atoms with van der Waals surface area (Å²) in [6.45, 7) is 1.91. The Hall–Kier alpha value is -2.46. The summed E-state index contributed by atoms with van der Waals surface area (Å²) in [4.78, 5) is 26.1. The van der Waals surface area contributed by atoms with E-state index in [-0.39, 0.29) is 11.6 Å². The van der Waals surface area contributed by atoms with Crippen molar-refractivity contribution < 1.29 is 9.59 Å². The van der Waals surface area contributed by atoms with E-state index in [0.717, 1.165) is 22.0 Å². The monoisotopic (exact) mass is 294 g/mol. The molecule has 4 heteroatoms. The van der Waals surface area contributed by atoms with E-state index in [1.165, 1.54) is 0 Å². The lowest BCUT2D eigenvalue weighted by Crippen LogP contribution is -2.21. The Bertz CT molecular complexity index is 891. The van der Waals surface area contributed by atoms with Crippen LogP contribution in [0, 0.1) is 0 Å². The first-order valence-corrected chi connectivity index (χ1v) is 7.20. The molecule has 0 aliphatic carbocycles. The molecule has 0 amide bonds. The summed E-state index contributed by atoms with van der Waals surface area (Å²) >= 11 is 0. The molecule has 4 nitrogen and oxygen atoms in total. The lowest BCUT2D eigenvalue weighted by Gasteiger charge is -2.08. The van der Waals surface area contributed by atoms with Gasteiger partial charge in [-0.25, -0.2) is 0 Å². The quantitative estimate of drug-likeness (QED) is 0.695. The van der Waals surface area contributed by atoms with Crippen molar-refractivity contribution in [1.29, 1.82) is 0 Å². The van der Waals surface area contributed by atoms with Gasteiger partial charge in [0.2, 0.25) is 0 Å². The van der Waals surface area contributed by atoms with Gasteiger partial charge in [0.15, 0.2) is 11.6 Å². The van der Waals surface area contributed by atoms with Crippen LogP contribution in [0.4, 0.5) is 0 Å². The number of carbonyl (C=O) groups excluding carboxylic acids is 2. The highest BCUT2D eigenvalue weighted by molar-refractivity contribution is 6.15. The normalized spacial score (nSPS) is 11.5. The van der Waals surface area contributed by atoms with Gasteiger partial charge in [0, 0.05) is 17.1 Å². The average molecular weight is 294 g/mol. The molecule has 112 valence electrons. The maximum atomic E-state index is 12.6. The summed E-state index contributed by atoms with van der Waals surface area (Å²) in [7, 11) is 3.76. The number of ketones is 2. The molecular formula is C18H18N2O2. The van der Waals surface area contributed by atoms with Crippen LogP contribution in [0.1, 0.15) is 27.6 Å². The van der Waals surface area contributed by atoms with E-state index in [1.807, 2.05) is 59.9 Å². The molecule has 0 spiro atoms. The van der Waals surface area contributed by atoms with Crippen LogP contribution in [0.15, 0.2) is 42.6 Å². The largest absolute Gasteiger partial charge is 0.315 e. The smallest absolute Gasteiger partial charge is 0.179 e. The average Bonchev–Trinajstić information content (AvgIpc) is 2.80. The van der Waals surface area contributed by atoms with Gasteiger partial charge >= 0.3 is 0 Å². The summed E-state index contributed by atoms with van der Waals surface area (Å²) in [6.07, 6.45) is 1.81. The summed E-state index contributed by atoms with van der Waals surface area (Å²) in [5.74, 6) is 0.0973. The van der Waals surface area contributed by atoms with Gasteiger partial charge in [-0.3, -0.25) is 9.59 Å². The highest BCUT2D eigenvalue weighted by Gasteiger charge is 2.18. The van der Waals surface area contributed by atoms with Gasteiger partial charge in [0.1, 0.15) is 0 Å². The van der Waals surface area contributed by atoms with Crippen LogP contribution in [-0.2, 0) is 0 Å². The van der Waals surface area contributed by atoms with Crippen molar-refractivity contribution in [2.45, 2.75) is 6.92 Å². The van der Waals surface area contributed by atoms with E-state index in [0.29, 0.717) is 12.1 Å². The summed E-state index contributed by atoms with van der Waals surface area (Å²) < 4.78 is 1.94. The van der Waals surface area contributed by atoms with Crippen LogP contribution >= 0.6 is 0 Å². The predicted octanol–water partition coefficient (Wildman–Crippen LogP) is 3.04. The highest BCUT2D eigenvalue weighted by atomic mass is 16.1. The van der Waals surface area contributed by atoms with E-state index in [4.69, 9.17) is 0 Å². The van der Waals surface area contributed by atoms with Crippen molar-refractivity contribution in [3.8, 4) is 0 Å². The lowest BCUT2D eigenvalue weighted by molar-refractivity contribution is 0.0960. The SMILES string of the molecule is CC(=O)c1ccc2c(C(=O)CN(C)C)c3ccccc3n2c1. The molecule has 0 fully saturated rings. The number of rotatable bonds is 4. The molecule has 0 unspecified atom stereocenters. The number of hydrogen-bond acceptors (Lipinski definition) is 3. The number of para-hydroxylation sites is 1. The van der Waals surface area contributed by atoms with Crippen LogP contribution in [0.3, 0.4) is 0 Å². The molecule has 0 aliphatic rings. The topological polar surface area (TPSA) is 41.8 Å². The fraction of sp³-hybridized carbons (Fsp3) is 0.222.